The van der Waals surface area contributed by atoms with E-state index in [9.17, 15) is 14.4 Å². The minimum Gasteiger partial charge on any atom is -0.478 e. The third kappa shape index (κ3) is 7.45. The number of hydrogen-bond donors (Lipinski definition) is 3. The van der Waals surface area contributed by atoms with Crippen molar-refractivity contribution in [2.75, 3.05) is 20.1 Å². The van der Waals surface area contributed by atoms with Crippen LogP contribution in [0.25, 0.3) is 0 Å². The highest BCUT2D eigenvalue weighted by molar-refractivity contribution is 6.07. The summed E-state index contributed by atoms with van der Waals surface area (Å²) in [6.07, 6.45) is 0.763. The molecule has 7 nitrogen and oxygen atoms in total. The topological polar surface area (TPSA) is 98.7 Å². The molecule has 3 N–H and O–H groups in total. The first kappa shape index (κ1) is 19.1. The summed E-state index contributed by atoms with van der Waals surface area (Å²) in [6.45, 7) is 8.12. The molecule has 0 radical (unpaired) electrons. The molecule has 0 aromatic heterocycles. The van der Waals surface area contributed by atoms with Crippen molar-refractivity contribution in [1.82, 2.24) is 15.5 Å². The Bertz CT molecular complexity index is 430. The summed E-state index contributed by atoms with van der Waals surface area (Å²) in [5, 5.41) is 13.4. The monoisotopic (exact) mass is 299 g/mol. The van der Waals surface area contributed by atoms with Crippen molar-refractivity contribution in [1.29, 1.82) is 0 Å². The molecule has 0 aromatic rings. The third-order valence-corrected chi connectivity index (χ3v) is 3.31. The highest BCUT2D eigenvalue weighted by atomic mass is 16.4. The van der Waals surface area contributed by atoms with E-state index < -0.39 is 17.9 Å². The summed E-state index contributed by atoms with van der Waals surface area (Å²) in [4.78, 5) is 36.0. The van der Waals surface area contributed by atoms with Crippen LogP contribution in [0.3, 0.4) is 0 Å². The first-order chi connectivity index (χ1) is 9.66. The van der Waals surface area contributed by atoms with Gasteiger partial charge in [0.05, 0.1) is 0 Å². The zero-order chi connectivity index (χ0) is 16.6. The number of carboxylic acid groups (broad SMARTS) is 1. The van der Waals surface area contributed by atoms with Gasteiger partial charge in [-0.1, -0.05) is 0 Å². The SMILES string of the molecule is CC(C(=O)O)=C(C)C(=O)NC(=O)NCCCN(C)C(C)C. The van der Waals surface area contributed by atoms with Crippen LogP contribution in [-0.4, -0.2) is 54.1 Å². The molecule has 0 aliphatic heterocycles. The predicted molar refractivity (Wildman–Crippen MR) is 79.9 cm³/mol. The van der Waals surface area contributed by atoms with Crippen LogP contribution < -0.4 is 10.6 Å². The molecule has 0 saturated heterocycles. The number of nitrogens with one attached hydrogen (secondary N) is 2. The Morgan fingerprint density at radius 1 is 1.14 bits per heavy atom. The van der Waals surface area contributed by atoms with Crippen molar-refractivity contribution < 1.29 is 19.5 Å². The molecule has 0 bridgehead atoms. The maximum atomic E-state index is 11.6. The quantitative estimate of drug-likeness (QED) is 0.480. The van der Waals surface area contributed by atoms with E-state index in [2.05, 4.69) is 29.4 Å². The number of nitrogens with zero attached hydrogens (tertiary/aromatic N) is 1. The lowest BCUT2D eigenvalue weighted by atomic mass is 10.1. The second-order valence-electron chi connectivity index (χ2n) is 5.19. The minimum absolute atomic E-state index is 0.0113. The molecule has 120 valence electrons. The summed E-state index contributed by atoms with van der Waals surface area (Å²) < 4.78 is 0. The van der Waals surface area contributed by atoms with Gasteiger partial charge >= 0.3 is 12.0 Å². The lowest BCUT2D eigenvalue weighted by Gasteiger charge is -2.20. The van der Waals surface area contributed by atoms with Crippen molar-refractivity contribution in [3.05, 3.63) is 11.1 Å². The number of rotatable bonds is 7. The maximum absolute atomic E-state index is 11.6. The van der Waals surface area contributed by atoms with E-state index in [1.807, 2.05) is 7.05 Å². The van der Waals surface area contributed by atoms with Gasteiger partial charge in [0, 0.05) is 23.7 Å². The molecule has 7 heteroatoms. The van der Waals surface area contributed by atoms with Gasteiger partial charge in [0.1, 0.15) is 0 Å². The van der Waals surface area contributed by atoms with Crippen molar-refractivity contribution >= 4 is 17.9 Å². The Balaban J connectivity index is 4.14. The standard InChI is InChI=1S/C14H25N3O4/c1-9(2)17(5)8-6-7-15-14(21)16-12(18)10(3)11(4)13(19)20/h9H,6-8H2,1-5H3,(H,19,20)(H2,15,16,18,21). The van der Waals surface area contributed by atoms with E-state index in [0.29, 0.717) is 12.6 Å². The van der Waals surface area contributed by atoms with E-state index >= 15 is 0 Å². The van der Waals surface area contributed by atoms with Crippen LogP contribution in [0, 0.1) is 0 Å². The Labute approximate surface area is 125 Å². The number of amides is 3. The molecule has 0 saturated carbocycles. The van der Waals surface area contributed by atoms with Crippen LogP contribution in [0.4, 0.5) is 4.79 Å². The molecule has 0 aliphatic carbocycles. The summed E-state index contributed by atoms with van der Waals surface area (Å²) in [5.41, 5.74) is -0.0731. The Morgan fingerprint density at radius 2 is 1.71 bits per heavy atom. The Kier molecular flexibility index (Phi) is 8.30. The summed E-state index contributed by atoms with van der Waals surface area (Å²) in [5.74, 6) is -1.88. The molecular formula is C14H25N3O4. The molecule has 0 spiro atoms. The van der Waals surface area contributed by atoms with Crippen LogP contribution in [0.1, 0.15) is 34.1 Å². The predicted octanol–water partition coefficient (Wildman–Crippen LogP) is 0.964. The van der Waals surface area contributed by atoms with Gasteiger partial charge in [0.15, 0.2) is 0 Å². The number of aliphatic carboxylic acids is 1. The number of carbonyl (C=O) groups is 3. The normalized spacial score (nSPS) is 12.1. The average Bonchev–Trinajstić information content (AvgIpc) is 2.41. The Hall–Kier alpha value is -1.89. The Morgan fingerprint density at radius 3 is 2.19 bits per heavy atom. The lowest BCUT2D eigenvalue weighted by molar-refractivity contribution is -0.133. The molecule has 0 aromatic carbocycles. The zero-order valence-corrected chi connectivity index (χ0v) is 13.3. The highest BCUT2D eigenvalue weighted by Gasteiger charge is 2.14. The van der Waals surface area contributed by atoms with Gasteiger partial charge in [-0.3, -0.25) is 10.1 Å². The molecule has 0 rings (SSSR count). The van der Waals surface area contributed by atoms with E-state index in [1.54, 1.807) is 0 Å². The smallest absolute Gasteiger partial charge is 0.331 e. The molecule has 21 heavy (non-hydrogen) atoms. The molecule has 0 unspecified atom stereocenters. The van der Waals surface area contributed by atoms with E-state index in [-0.39, 0.29) is 11.1 Å². The van der Waals surface area contributed by atoms with E-state index in [1.165, 1.54) is 13.8 Å². The summed E-state index contributed by atoms with van der Waals surface area (Å²) >= 11 is 0. The number of urea groups is 1. The largest absolute Gasteiger partial charge is 0.478 e. The second kappa shape index (κ2) is 9.12. The number of carboxylic acids is 1. The number of hydrogen-bond acceptors (Lipinski definition) is 4. The van der Waals surface area contributed by atoms with Crippen LogP contribution in [-0.2, 0) is 9.59 Å². The van der Waals surface area contributed by atoms with Gasteiger partial charge in [-0.05, 0) is 47.7 Å². The zero-order valence-electron chi connectivity index (χ0n) is 13.3. The third-order valence-electron chi connectivity index (χ3n) is 3.31. The van der Waals surface area contributed by atoms with Crippen LogP contribution in [0.15, 0.2) is 11.1 Å². The molecular weight excluding hydrogens is 274 g/mol. The molecule has 0 aliphatic rings. The molecule has 0 fully saturated rings. The maximum Gasteiger partial charge on any atom is 0.331 e. The van der Waals surface area contributed by atoms with Crippen molar-refractivity contribution in [3.63, 3.8) is 0 Å². The van der Waals surface area contributed by atoms with Gasteiger partial charge in [-0.15, -0.1) is 0 Å². The second-order valence-corrected chi connectivity index (χ2v) is 5.19. The minimum atomic E-state index is -1.18. The van der Waals surface area contributed by atoms with Gasteiger partial charge in [0.25, 0.3) is 5.91 Å². The number of imide groups is 1. The van der Waals surface area contributed by atoms with Crippen LogP contribution >= 0.6 is 0 Å². The molecule has 3 amide bonds. The fourth-order valence-electron chi connectivity index (χ4n) is 1.36. The summed E-state index contributed by atoms with van der Waals surface area (Å²) in [6, 6.07) is -0.183. The lowest BCUT2D eigenvalue weighted by Crippen LogP contribution is -2.41. The van der Waals surface area contributed by atoms with Gasteiger partial charge in [-0.2, -0.15) is 0 Å². The van der Waals surface area contributed by atoms with E-state index in [0.717, 1.165) is 13.0 Å². The van der Waals surface area contributed by atoms with Crippen molar-refractivity contribution in [3.8, 4) is 0 Å². The van der Waals surface area contributed by atoms with Gasteiger partial charge < -0.3 is 15.3 Å². The van der Waals surface area contributed by atoms with E-state index in [4.69, 9.17) is 5.11 Å². The highest BCUT2D eigenvalue weighted by Crippen LogP contribution is 2.03. The molecule has 0 atom stereocenters. The molecule has 0 heterocycles. The fraction of sp³-hybridized carbons (Fsp3) is 0.643. The van der Waals surface area contributed by atoms with Crippen LogP contribution in [0.2, 0.25) is 0 Å². The average molecular weight is 299 g/mol. The number of carbonyl (C=O) groups excluding carboxylic acids is 2. The van der Waals surface area contributed by atoms with Crippen molar-refractivity contribution in [2.24, 2.45) is 0 Å². The summed E-state index contributed by atoms with van der Waals surface area (Å²) in [7, 11) is 2.00. The first-order valence-electron chi connectivity index (χ1n) is 6.87. The fourth-order valence-corrected chi connectivity index (χ4v) is 1.36. The van der Waals surface area contributed by atoms with Gasteiger partial charge in [-0.25, -0.2) is 9.59 Å². The van der Waals surface area contributed by atoms with Crippen molar-refractivity contribution in [2.45, 2.75) is 40.2 Å². The van der Waals surface area contributed by atoms with Crippen LogP contribution in [0.5, 0.6) is 0 Å². The van der Waals surface area contributed by atoms with Gasteiger partial charge in [0.2, 0.25) is 0 Å². The first-order valence-corrected chi connectivity index (χ1v) is 6.87.